The van der Waals surface area contributed by atoms with Gasteiger partial charge in [0.15, 0.2) is 11.5 Å². The number of nitrogens with one attached hydrogen (secondary N) is 1. The van der Waals surface area contributed by atoms with Gasteiger partial charge in [-0.2, -0.15) is 0 Å². The summed E-state index contributed by atoms with van der Waals surface area (Å²) in [7, 11) is 3.42. The van der Waals surface area contributed by atoms with Crippen molar-refractivity contribution in [1.29, 1.82) is 0 Å². The van der Waals surface area contributed by atoms with Gasteiger partial charge in [0.25, 0.3) is 5.91 Å². The molecule has 0 saturated carbocycles. The summed E-state index contributed by atoms with van der Waals surface area (Å²) in [6.45, 7) is 0.698. The van der Waals surface area contributed by atoms with Gasteiger partial charge in [-0.15, -0.1) is 0 Å². The number of amides is 1. The smallest absolute Gasteiger partial charge is 0.271 e. The zero-order chi connectivity index (χ0) is 24.7. The highest BCUT2D eigenvalue weighted by Gasteiger charge is 2.22. The Morgan fingerprint density at radius 1 is 1.20 bits per heavy atom. The van der Waals surface area contributed by atoms with Gasteiger partial charge in [-0.05, 0) is 36.4 Å². The van der Waals surface area contributed by atoms with Gasteiger partial charge in [0.2, 0.25) is 0 Å². The largest absolute Gasteiger partial charge is 0.383 e. The molecule has 2 aromatic carbocycles. The molecule has 0 unspecified atom stereocenters. The Kier molecular flexibility index (Phi) is 5.83. The highest BCUT2D eigenvalue weighted by atomic mass is 35.5. The number of nitrogen functional groups attached to an aromatic ring is 1. The highest BCUT2D eigenvalue weighted by Crippen LogP contribution is 2.37. The first kappa shape index (κ1) is 22.8. The summed E-state index contributed by atoms with van der Waals surface area (Å²) < 4.78 is 22.2. The van der Waals surface area contributed by atoms with Crippen molar-refractivity contribution in [3.05, 3.63) is 65.5 Å². The molecular weight excluding hydrogens is 473 g/mol. The van der Waals surface area contributed by atoms with Gasteiger partial charge < -0.3 is 20.4 Å². The maximum atomic E-state index is 13.7. The summed E-state index contributed by atoms with van der Waals surface area (Å²) in [5, 5.41) is 3.20. The fourth-order valence-corrected chi connectivity index (χ4v) is 4.21. The van der Waals surface area contributed by atoms with E-state index >= 15 is 0 Å². The number of benzene rings is 2. The fraction of sp³-hybridized carbons (Fsp3) is 0.167. The normalized spacial score (nSPS) is 11.4. The van der Waals surface area contributed by atoms with Gasteiger partial charge in [-0.25, -0.2) is 19.3 Å². The van der Waals surface area contributed by atoms with Crippen molar-refractivity contribution >= 4 is 40.0 Å². The van der Waals surface area contributed by atoms with Crippen LogP contribution in [0.5, 0.6) is 0 Å². The Balaban J connectivity index is 1.78. The zero-order valence-electron chi connectivity index (χ0n) is 18.9. The molecule has 0 aliphatic heterocycles. The minimum absolute atomic E-state index is 0.122. The molecule has 0 bridgehead atoms. The number of ether oxygens (including phenoxy) is 1. The first-order valence-corrected chi connectivity index (χ1v) is 11.1. The van der Waals surface area contributed by atoms with E-state index in [4.69, 9.17) is 22.1 Å². The van der Waals surface area contributed by atoms with Crippen LogP contribution in [0.1, 0.15) is 10.5 Å². The first-order chi connectivity index (χ1) is 16.9. The van der Waals surface area contributed by atoms with Crippen molar-refractivity contribution in [1.82, 2.24) is 29.2 Å². The number of hydrogen-bond acceptors (Lipinski definition) is 6. The van der Waals surface area contributed by atoms with Crippen LogP contribution in [0.15, 0.2) is 48.9 Å². The average molecular weight is 494 g/mol. The summed E-state index contributed by atoms with van der Waals surface area (Å²) in [6, 6.07) is 9.63. The Morgan fingerprint density at radius 2 is 1.97 bits per heavy atom. The lowest BCUT2D eigenvalue weighted by Gasteiger charge is -2.14. The molecule has 178 valence electrons. The Bertz CT molecular complexity index is 1580. The first-order valence-electron chi connectivity index (χ1n) is 10.7. The third-order valence-corrected chi connectivity index (χ3v) is 5.92. The Labute approximate surface area is 204 Å². The van der Waals surface area contributed by atoms with E-state index < -0.39 is 0 Å². The molecule has 11 heteroatoms. The summed E-state index contributed by atoms with van der Waals surface area (Å²) in [4.78, 5) is 26.1. The average Bonchev–Trinajstić information content (AvgIpc) is 3.45. The minimum Gasteiger partial charge on any atom is -0.383 e. The number of nitrogens with two attached hydrogens (primary N) is 1. The molecule has 5 rings (SSSR count). The van der Waals surface area contributed by atoms with Crippen molar-refractivity contribution in [3.8, 4) is 22.5 Å². The summed E-state index contributed by atoms with van der Waals surface area (Å²) >= 11 is 6.58. The van der Waals surface area contributed by atoms with Crippen LogP contribution in [0.25, 0.3) is 39.2 Å². The van der Waals surface area contributed by atoms with E-state index in [2.05, 4.69) is 20.3 Å². The van der Waals surface area contributed by atoms with Crippen molar-refractivity contribution < 1.29 is 13.9 Å². The van der Waals surface area contributed by atoms with E-state index in [9.17, 15) is 9.18 Å². The van der Waals surface area contributed by atoms with Gasteiger partial charge in [0.1, 0.15) is 17.0 Å². The van der Waals surface area contributed by atoms with Crippen molar-refractivity contribution in [3.63, 3.8) is 0 Å². The number of rotatable bonds is 6. The topological polar surface area (TPSA) is 112 Å². The predicted molar refractivity (Wildman–Crippen MR) is 132 cm³/mol. The number of methoxy groups -OCH3 is 1. The number of halogens is 2. The SMILES string of the molecule is COCCNC(=O)c1cn2c(-c3cc(Cl)c4ncn(C)c4c3)c(-c3ccc(F)cc3)nc(N)c2n1. The number of carbonyl (C=O) groups excluding carboxylic acids is 1. The molecule has 5 aromatic rings. The molecule has 3 N–H and O–H groups in total. The third kappa shape index (κ3) is 4.07. The van der Waals surface area contributed by atoms with E-state index in [1.807, 2.05) is 17.7 Å². The van der Waals surface area contributed by atoms with Gasteiger partial charge in [-0.3, -0.25) is 9.20 Å². The number of hydrogen-bond donors (Lipinski definition) is 2. The molecule has 0 spiro atoms. The van der Waals surface area contributed by atoms with Crippen LogP contribution >= 0.6 is 11.6 Å². The Morgan fingerprint density at radius 3 is 2.71 bits per heavy atom. The molecule has 0 radical (unpaired) electrons. The molecule has 0 fully saturated rings. The molecule has 3 aromatic heterocycles. The molecule has 0 atom stereocenters. The van der Waals surface area contributed by atoms with Crippen LogP contribution in [0.4, 0.5) is 10.2 Å². The van der Waals surface area contributed by atoms with E-state index in [0.29, 0.717) is 51.9 Å². The number of nitrogens with zero attached hydrogens (tertiary/aromatic N) is 5. The monoisotopic (exact) mass is 493 g/mol. The molecule has 1 amide bonds. The van der Waals surface area contributed by atoms with Crippen LogP contribution in [0.3, 0.4) is 0 Å². The molecule has 3 heterocycles. The lowest BCUT2D eigenvalue weighted by molar-refractivity contribution is 0.0932. The van der Waals surface area contributed by atoms with Gasteiger partial charge in [0, 0.05) is 38.0 Å². The summed E-state index contributed by atoms with van der Waals surface area (Å²) in [5.74, 6) is -0.627. The summed E-state index contributed by atoms with van der Waals surface area (Å²) in [5.41, 5.74) is 10.6. The predicted octanol–water partition coefficient (Wildman–Crippen LogP) is 3.70. The summed E-state index contributed by atoms with van der Waals surface area (Å²) in [6.07, 6.45) is 3.27. The molecule has 0 aliphatic rings. The number of imidazole rings is 2. The van der Waals surface area contributed by atoms with E-state index in [1.165, 1.54) is 12.1 Å². The van der Waals surface area contributed by atoms with Crippen LogP contribution < -0.4 is 11.1 Å². The molecule has 0 aliphatic carbocycles. The maximum absolute atomic E-state index is 13.7. The Hall–Kier alpha value is -4.02. The number of aryl methyl sites for hydroxylation is 1. The maximum Gasteiger partial charge on any atom is 0.271 e. The number of carbonyl (C=O) groups is 1. The second kappa shape index (κ2) is 8.97. The second-order valence-electron chi connectivity index (χ2n) is 7.95. The fourth-order valence-electron chi connectivity index (χ4n) is 3.94. The van der Waals surface area contributed by atoms with E-state index in [-0.39, 0.29) is 23.2 Å². The second-order valence-corrected chi connectivity index (χ2v) is 8.36. The molecular formula is C24H21ClFN7O2. The third-order valence-electron chi connectivity index (χ3n) is 5.63. The number of aromatic nitrogens is 5. The highest BCUT2D eigenvalue weighted by molar-refractivity contribution is 6.35. The van der Waals surface area contributed by atoms with Gasteiger partial charge >= 0.3 is 0 Å². The minimum atomic E-state index is -0.375. The van der Waals surface area contributed by atoms with E-state index in [0.717, 1.165) is 5.52 Å². The molecule has 0 saturated heterocycles. The molecule has 35 heavy (non-hydrogen) atoms. The van der Waals surface area contributed by atoms with E-state index in [1.54, 1.807) is 42.2 Å². The van der Waals surface area contributed by atoms with Gasteiger partial charge in [0.05, 0.1) is 34.9 Å². The van der Waals surface area contributed by atoms with Crippen molar-refractivity contribution in [2.75, 3.05) is 26.0 Å². The van der Waals surface area contributed by atoms with Crippen LogP contribution in [-0.2, 0) is 11.8 Å². The standard InChI is InChI=1S/C24H21ClFN7O2/c1-32-12-29-20-16(25)9-14(10-18(20)32)21-19(13-3-5-15(26)6-4-13)31-22(27)23-30-17(11-33(21)23)24(34)28-7-8-35-2/h3-6,9-12H,7-8H2,1-2H3,(H2,27,31)(H,28,34). The van der Waals surface area contributed by atoms with Crippen LogP contribution in [0.2, 0.25) is 5.02 Å². The van der Waals surface area contributed by atoms with Crippen molar-refractivity contribution in [2.45, 2.75) is 0 Å². The molecule has 9 nitrogen and oxygen atoms in total. The zero-order valence-corrected chi connectivity index (χ0v) is 19.7. The quantitative estimate of drug-likeness (QED) is 0.349. The number of anilines is 1. The van der Waals surface area contributed by atoms with Crippen LogP contribution in [0, 0.1) is 5.82 Å². The van der Waals surface area contributed by atoms with Crippen molar-refractivity contribution in [2.24, 2.45) is 7.05 Å². The lowest BCUT2D eigenvalue weighted by atomic mass is 10.0. The van der Waals surface area contributed by atoms with Gasteiger partial charge in [-0.1, -0.05) is 11.6 Å². The lowest BCUT2D eigenvalue weighted by Crippen LogP contribution is -2.27. The van der Waals surface area contributed by atoms with Crippen LogP contribution in [-0.4, -0.2) is 50.1 Å². The number of fused-ring (bicyclic) bond motifs is 2.